The van der Waals surface area contributed by atoms with Crippen molar-refractivity contribution in [3.05, 3.63) is 35.4 Å². The van der Waals surface area contributed by atoms with E-state index in [1.807, 2.05) is 7.05 Å². The average Bonchev–Trinajstić information content (AvgIpc) is 2.63. The number of benzene rings is 1. The molecule has 1 unspecified atom stereocenters. The summed E-state index contributed by atoms with van der Waals surface area (Å²) in [7, 11) is 1.88. The molecule has 1 aromatic carbocycles. The third-order valence-corrected chi connectivity index (χ3v) is 4.92. The van der Waals surface area contributed by atoms with Crippen molar-refractivity contribution in [2.45, 2.75) is 19.9 Å². The summed E-state index contributed by atoms with van der Waals surface area (Å²) in [6, 6.07) is 8.74. The standard InChI is InChI=1S/C19H30N4O.HI/c1-16(14-22-9-11-24-12-10-22)13-21-19(20-2)23-8-7-17-5-3-4-6-18(17)15-23;/h3-6,16H,7-15H2,1-2H3,(H,20,21);1H. The fourth-order valence-corrected chi connectivity index (χ4v) is 3.56. The Morgan fingerprint density at radius 3 is 2.64 bits per heavy atom. The molecular formula is C19H31IN4O. The van der Waals surface area contributed by atoms with Crippen LogP contribution in [-0.2, 0) is 17.7 Å². The van der Waals surface area contributed by atoms with Gasteiger partial charge in [0.05, 0.1) is 13.2 Å². The first-order valence-electron chi connectivity index (χ1n) is 9.08. The van der Waals surface area contributed by atoms with Crippen molar-refractivity contribution in [3.8, 4) is 0 Å². The Kier molecular flexibility index (Phi) is 8.45. The topological polar surface area (TPSA) is 40.1 Å². The predicted octanol–water partition coefficient (Wildman–Crippen LogP) is 2.21. The van der Waals surface area contributed by atoms with Gasteiger partial charge in [0.15, 0.2) is 5.96 Å². The molecule has 2 aliphatic rings. The third kappa shape index (κ3) is 5.82. The normalized spacial score (nSPS) is 19.8. The maximum absolute atomic E-state index is 5.42. The van der Waals surface area contributed by atoms with Crippen molar-refractivity contribution in [1.82, 2.24) is 15.1 Å². The Balaban J connectivity index is 0.00000225. The van der Waals surface area contributed by atoms with E-state index in [1.54, 1.807) is 0 Å². The summed E-state index contributed by atoms with van der Waals surface area (Å²) in [5.41, 5.74) is 2.90. The maximum Gasteiger partial charge on any atom is 0.193 e. The zero-order chi connectivity index (χ0) is 16.8. The Labute approximate surface area is 168 Å². The second-order valence-electron chi connectivity index (χ2n) is 6.89. The summed E-state index contributed by atoms with van der Waals surface area (Å²) in [6.45, 7) is 10.2. The average molecular weight is 458 g/mol. The predicted molar refractivity (Wildman–Crippen MR) is 114 cm³/mol. The minimum atomic E-state index is 0. The first kappa shape index (κ1) is 20.5. The summed E-state index contributed by atoms with van der Waals surface area (Å²) < 4.78 is 5.42. The van der Waals surface area contributed by atoms with Crippen LogP contribution in [-0.4, -0.2) is 68.7 Å². The number of morpholine rings is 1. The minimum Gasteiger partial charge on any atom is -0.379 e. The van der Waals surface area contributed by atoms with E-state index in [2.05, 4.69) is 51.3 Å². The third-order valence-electron chi connectivity index (χ3n) is 4.92. The van der Waals surface area contributed by atoms with E-state index in [9.17, 15) is 0 Å². The molecule has 0 saturated carbocycles. The van der Waals surface area contributed by atoms with Crippen LogP contribution in [0.25, 0.3) is 0 Å². The Bertz CT molecular complexity index is 560. The van der Waals surface area contributed by atoms with Gasteiger partial charge in [-0.1, -0.05) is 31.2 Å². The van der Waals surface area contributed by atoms with Gasteiger partial charge in [0.2, 0.25) is 0 Å². The van der Waals surface area contributed by atoms with Gasteiger partial charge in [0, 0.05) is 46.3 Å². The molecule has 3 rings (SSSR count). The molecule has 6 heteroatoms. The number of aliphatic imine (C=N–C) groups is 1. The second kappa shape index (κ2) is 10.3. The van der Waals surface area contributed by atoms with Crippen LogP contribution in [0.15, 0.2) is 29.3 Å². The van der Waals surface area contributed by atoms with Gasteiger partial charge < -0.3 is 15.0 Å². The molecule has 1 fully saturated rings. The molecule has 1 N–H and O–H groups in total. The van der Waals surface area contributed by atoms with E-state index < -0.39 is 0 Å². The molecule has 0 radical (unpaired) electrons. The maximum atomic E-state index is 5.42. The van der Waals surface area contributed by atoms with Crippen molar-refractivity contribution in [3.63, 3.8) is 0 Å². The van der Waals surface area contributed by atoms with E-state index in [4.69, 9.17) is 4.74 Å². The molecule has 0 aromatic heterocycles. The molecule has 0 aliphatic carbocycles. The number of nitrogens with one attached hydrogen (secondary N) is 1. The van der Waals surface area contributed by atoms with E-state index in [0.717, 1.165) is 64.9 Å². The van der Waals surface area contributed by atoms with Crippen molar-refractivity contribution < 1.29 is 4.74 Å². The lowest BCUT2D eigenvalue weighted by Crippen LogP contribution is -2.47. The number of rotatable bonds is 4. The van der Waals surface area contributed by atoms with Crippen LogP contribution < -0.4 is 5.32 Å². The molecule has 1 aromatic rings. The molecule has 2 aliphatic heterocycles. The largest absolute Gasteiger partial charge is 0.379 e. The lowest BCUT2D eigenvalue weighted by molar-refractivity contribution is 0.0320. The fourth-order valence-electron chi connectivity index (χ4n) is 3.56. The summed E-state index contributed by atoms with van der Waals surface area (Å²) in [5, 5.41) is 3.58. The quantitative estimate of drug-likeness (QED) is 0.427. The molecule has 5 nitrogen and oxygen atoms in total. The summed E-state index contributed by atoms with van der Waals surface area (Å²) >= 11 is 0. The van der Waals surface area contributed by atoms with Crippen LogP contribution in [0, 0.1) is 5.92 Å². The monoisotopic (exact) mass is 458 g/mol. The molecule has 2 heterocycles. The number of hydrogen-bond donors (Lipinski definition) is 1. The number of guanidine groups is 1. The van der Waals surface area contributed by atoms with Gasteiger partial charge in [-0.25, -0.2) is 0 Å². The Morgan fingerprint density at radius 2 is 1.92 bits per heavy atom. The Hall–Kier alpha value is -0.860. The molecule has 1 atom stereocenters. The van der Waals surface area contributed by atoms with E-state index >= 15 is 0 Å². The summed E-state index contributed by atoms with van der Waals surface area (Å²) in [5.74, 6) is 1.62. The van der Waals surface area contributed by atoms with Gasteiger partial charge in [-0.05, 0) is 23.5 Å². The number of ether oxygens (including phenoxy) is 1. The number of halogens is 1. The zero-order valence-electron chi connectivity index (χ0n) is 15.4. The minimum absolute atomic E-state index is 0. The summed E-state index contributed by atoms with van der Waals surface area (Å²) in [6.07, 6.45) is 1.10. The van der Waals surface area contributed by atoms with Crippen LogP contribution in [0.2, 0.25) is 0 Å². The van der Waals surface area contributed by atoms with Gasteiger partial charge in [-0.2, -0.15) is 0 Å². The van der Waals surface area contributed by atoms with E-state index in [-0.39, 0.29) is 24.0 Å². The molecule has 0 bridgehead atoms. The number of hydrogen-bond acceptors (Lipinski definition) is 3. The molecule has 0 spiro atoms. The number of fused-ring (bicyclic) bond motifs is 1. The van der Waals surface area contributed by atoms with Crippen molar-refractivity contribution >= 4 is 29.9 Å². The zero-order valence-corrected chi connectivity index (χ0v) is 17.7. The van der Waals surface area contributed by atoms with Crippen molar-refractivity contribution in [2.24, 2.45) is 10.9 Å². The summed E-state index contributed by atoms with van der Waals surface area (Å²) in [4.78, 5) is 9.36. The van der Waals surface area contributed by atoms with Crippen molar-refractivity contribution in [2.75, 3.05) is 53.0 Å². The van der Waals surface area contributed by atoms with Gasteiger partial charge in [-0.15, -0.1) is 24.0 Å². The van der Waals surface area contributed by atoms with Crippen LogP contribution >= 0.6 is 24.0 Å². The Morgan fingerprint density at radius 1 is 1.20 bits per heavy atom. The molecule has 140 valence electrons. The van der Waals surface area contributed by atoms with Gasteiger partial charge in [-0.3, -0.25) is 9.89 Å². The highest BCUT2D eigenvalue weighted by molar-refractivity contribution is 14.0. The van der Waals surface area contributed by atoms with Gasteiger partial charge in [0.25, 0.3) is 0 Å². The first-order chi connectivity index (χ1) is 11.8. The SMILES string of the molecule is CN=C(NCC(C)CN1CCOCC1)N1CCc2ccccc2C1.I. The second-order valence-corrected chi connectivity index (χ2v) is 6.89. The van der Waals surface area contributed by atoms with Gasteiger partial charge >= 0.3 is 0 Å². The smallest absolute Gasteiger partial charge is 0.193 e. The molecule has 1 saturated heterocycles. The van der Waals surface area contributed by atoms with Gasteiger partial charge in [0.1, 0.15) is 0 Å². The fraction of sp³-hybridized carbons (Fsp3) is 0.632. The molecule has 25 heavy (non-hydrogen) atoms. The number of nitrogens with zero attached hydrogens (tertiary/aromatic N) is 3. The van der Waals surface area contributed by atoms with Crippen LogP contribution in [0.5, 0.6) is 0 Å². The van der Waals surface area contributed by atoms with E-state index in [0.29, 0.717) is 5.92 Å². The van der Waals surface area contributed by atoms with E-state index in [1.165, 1.54) is 11.1 Å². The lowest BCUT2D eigenvalue weighted by Gasteiger charge is -2.33. The highest BCUT2D eigenvalue weighted by atomic mass is 127. The molecular weight excluding hydrogens is 427 g/mol. The van der Waals surface area contributed by atoms with Crippen LogP contribution in [0.4, 0.5) is 0 Å². The lowest BCUT2D eigenvalue weighted by atomic mass is 10.0. The highest BCUT2D eigenvalue weighted by Gasteiger charge is 2.19. The molecule has 0 amide bonds. The van der Waals surface area contributed by atoms with Crippen molar-refractivity contribution in [1.29, 1.82) is 0 Å². The van der Waals surface area contributed by atoms with Crippen LogP contribution in [0.3, 0.4) is 0 Å². The van der Waals surface area contributed by atoms with Crippen LogP contribution in [0.1, 0.15) is 18.1 Å². The first-order valence-corrected chi connectivity index (χ1v) is 9.08. The highest BCUT2D eigenvalue weighted by Crippen LogP contribution is 2.18.